The molecule has 0 unspecified atom stereocenters. The monoisotopic (exact) mass is 598 g/mol. The topological polar surface area (TPSA) is 122 Å². The van der Waals surface area contributed by atoms with Crippen LogP contribution in [0.15, 0.2) is 48.5 Å². The van der Waals surface area contributed by atoms with Gasteiger partial charge in [-0.1, -0.05) is 23.7 Å². The van der Waals surface area contributed by atoms with Gasteiger partial charge in [0.15, 0.2) is 0 Å². The third kappa shape index (κ3) is 9.82. The van der Waals surface area contributed by atoms with E-state index >= 15 is 0 Å². The van der Waals surface area contributed by atoms with E-state index in [1.165, 1.54) is 25.0 Å². The molecule has 13 heteroatoms. The molecule has 0 spiro atoms. The van der Waals surface area contributed by atoms with E-state index in [1.807, 2.05) is 4.90 Å². The third-order valence-electron chi connectivity index (χ3n) is 7.37. The summed E-state index contributed by atoms with van der Waals surface area (Å²) in [7, 11) is 2.18. The summed E-state index contributed by atoms with van der Waals surface area (Å²) in [5.74, 6) is -1.37. The van der Waals surface area contributed by atoms with Gasteiger partial charge in [-0.15, -0.1) is 0 Å². The normalized spacial score (nSPS) is 17.6. The van der Waals surface area contributed by atoms with E-state index in [0.29, 0.717) is 35.3 Å². The van der Waals surface area contributed by atoms with Crippen LogP contribution >= 0.6 is 11.6 Å². The van der Waals surface area contributed by atoms with Crippen LogP contribution in [0.1, 0.15) is 37.3 Å². The Hall–Kier alpha value is -3.51. The van der Waals surface area contributed by atoms with Gasteiger partial charge in [0.05, 0.1) is 0 Å². The number of alkyl halides is 3. The molecule has 2 heterocycles. The molecule has 2 aliphatic heterocycles. The van der Waals surface area contributed by atoms with Gasteiger partial charge in [0.2, 0.25) is 5.91 Å². The number of aromatic hydroxyl groups is 1. The Morgan fingerprint density at radius 3 is 1.88 bits per heavy atom. The quantitative estimate of drug-likeness (QED) is 0.379. The highest BCUT2D eigenvalue weighted by atomic mass is 35.5. The lowest BCUT2D eigenvalue weighted by atomic mass is 9.79. The van der Waals surface area contributed by atoms with Crippen LogP contribution in [-0.2, 0) is 9.59 Å². The number of phenols is 1. The van der Waals surface area contributed by atoms with Gasteiger partial charge in [0.1, 0.15) is 11.8 Å². The SMILES string of the molecule is CN1CCC(C2CCN(C(=O)[C@H](NC(=O)Nc3ccc(Cl)cc3)c3ccc(O)cc3)CC2)CC1.O=C(O)C(F)(F)F. The van der Waals surface area contributed by atoms with Crippen molar-refractivity contribution in [2.75, 3.05) is 38.5 Å². The minimum Gasteiger partial charge on any atom is -0.508 e. The number of hydrogen-bond donors (Lipinski definition) is 4. The number of anilines is 1. The number of nitrogens with one attached hydrogen (secondary N) is 2. The van der Waals surface area contributed by atoms with Crippen LogP contribution in [0.3, 0.4) is 0 Å². The molecule has 2 aromatic carbocycles. The molecule has 9 nitrogen and oxygen atoms in total. The molecule has 4 rings (SSSR count). The van der Waals surface area contributed by atoms with E-state index in [4.69, 9.17) is 21.5 Å². The summed E-state index contributed by atoms with van der Waals surface area (Å²) < 4.78 is 31.7. The number of urea groups is 1. The fourth-order valence-corrected chi connectivity index (χ4v) is 5.19. The zero-order valence-electron chi connectivity index (χ0n) is 22.5. The molecule has 1 atom stereocenters. The molecule has 0 aliphatic carbocycles. The summed E-state index contributed by atoms with van der Waals surface area (Å²) in [5.41, 5.74) is 1.21. The van der Waals surface area contributed by atoms with Crippen LogP contribution in [0.4, 0.5) is 23.7 Å². The molecule has 0 saturated carbocycles. The Labute approximate surface area is 241 Å². The van der Waals surface area contributed by atoms with E-state index in [-0.39, 0.29) is 11.7 Å². The predicted molar refractivity (Wildman–Crippen MR) is 148 cm³/mol. The molecular weight excluding hydrogens is 565 g/mol. The van der Waals surface area contributed by atoms with Crippen molar-refractivity contribution in [1.82, 2.24) is 15.1 Å². The summed E-state index contributed by atoms with van der Waals surface area (Å²) in [6.45, 7) is 3.70. The number of nitrogens with zero attached hydrogens (tertiary/aromatic N) is 2. The van der Waals surface area contributed by atoms with E-state index in [2.05, 4.69) is 22.6 Å². The van der Waals surface area contributed by atoms with Crippen molar-refractivity contribution in [2.45, 2.75) is 37.9 Å². The molecule has 41 heavy (non-hydrogen) atoms. The standard InChI is InChI=1S/C26H33ClN4O3.C2HF3O2/c1-30-14-10-18(11-15-30)19-12-16-31(17-13-19)25(33)24(20-2-8-23(32)9-3-20)29-26(34)28-22-6-4-21(27)5-7-22;3-2(4,5)1(6)7/h2-9,18-19,24,32H,10-17H2,1H3,(H2,28,29,34);(H,6,7)/t24-;/m1./s1. The summed E-state index contributed by atoms with van der Waals surface area (Å²) >= 11 is 5.92. The number of likely N-dealkylation sites (tertiary alicyclic amines) is 2. The molecule has 0 aromatic heterocycles. The second-order valence-electron chi connectivity index (χ2n) is 10.2. The van der Waals surface area contributed by atoms with Gasteiger partial charge < -0.3 is 30.6 Å². The highest BCUT2D eigenvalue weighted by molar-refractivity contribution is 6.30. The van der Waals surface area contributed by atoms with Crippen molar-refractivity contribution in [2.24, 2.45) is 11.8 Å². The first kappa shape index (κ1) is 32.0. The second-order valence-corrected chi connectivity index (χ2v) is 10.7. The van der Waals surface area contributed by atoms with Crippen LogP contribution in [-0.4, -0.2) is 77.3 Å². The molecule has 3 amide bonds. The summed E-state index contributed by atoms with van der Waals surface area (Å²) in [6.07, 6.45) is -0.617. The first-order chi connectivity index (χ1) is 19.3. The first-order valence-corrected chi connectivity index (χ1v) is 13.6. The van der Waals surface area contributed by atoms with Crippen molar-refractivity contribution in [1.29, 1.82) is 0 Å². The molecule has 4 N–H and O–H groups in total. The lowest BCUT2D eigenvalue weighted by molar-refractivity contribution is -0.192. The van der Waals surface area contributed by atoms with Crippen LogP contribution in [0, 0.1) is 11.8 Å². The maximum Gasteiger partial charge on any atom is 0.490 e. The number of amides is 3. The highest BCUT2D eigenvalue weighted by Crippen LogP contribution is 2.33. The second kappa shape index (κ2) is 14.4. The summed E-state index contributed by atoms with van der Waals surface area (Å²) in [5, 5.41) is 23.0. The fourth-order valence-electron chi connectivity index (χ4n) is 5.06. The van der Waals surface area contributed by atoms with Crippen molar-refractivity contribution in [3.8, 4) is 5.75 Å². The van der Waals surface area contributed by atoms with Crippen LogP contribution in [0.25, 0.3) is 0 Å². The Morgan fingerprint density at radius 1 is 0.902 bits per heavy atom. The van der Waals surface area contributed by atoms with E-state index in [1.54, 1.807) is 36.4 Å². The number of benzene rings is 2. The average molecular weight is 599 g/mol. The number of halogens is 4. The summed E-state index contributed by atoms with van der Waals surface area (Å²) in [6, 6.07) is 11.9. The molecule has 2 saturated heterocycles. The lowest BCUT2D eigenvalue weighted by Crippen LogP contribution is -2.48. The maximum atomic E-state index is 13.5. The summed E-state index contributed by atoms with van der Waals surface area (Å²) in [4.78, 5) is 39.4. The minimum absolute atomic E-state index is 0.111. The molecular formula is C28H34ClF3N4O5. The molecule has 0 radical (unpaired) electrons. The minimum atomic E-state index is -5.08. The van der Waals surface area contributed by atoms with Gasteiger partial charge in [0, 0.05) is 23.8 Å². The predicted octanol–water partition coefficient (Wildman–Crippen LogP) is 5.12. The first-order valence-electron chi connectivity index (χ1n) is 13.2. The molecule has 0 bridgehead atoms. The third-order valence-corrected chi connectivity index (χ3v) is 7.63. The van der Waals surface area contributed by atoms with Gasteiger partial charge in [-0.2, -0.15) is 13.2 Å². The maximum absolute atomic E-state index is 13.5. The Morgan fingerprint density at radius 2 is 1.39 bits per heavy atom. The zero-order chi connectivity index (χ0) is 30.2. The Balaban J connectivity index is 0.000000587. The van der Waals surface area contributed by atoms with Gasteiger partial charge in [0.25, 0.3) is 0 Å². The lowest BCUT2D eigenvalue weighted by Gasteiger charge is -2.40. The molecule has 2 fully saturated rings. The van der Waals surface area contributed by atoms with Crippen LogP contribution < -0.4 is 10.6 Å². The van der Waals surface area contributed by atoms with Gasteiger partial charge in [-0.25, -0.2) is 9.59 Å². The van der Waals surface area contributed by atoms with Crippen molar-refractivity contribution < 1.29 is 37.8 Å². The van der Waals surface area contributed by atoms with Crippen LogP contribution in [0.2, 0.25) is 5.02 Å². The van der Waals surface area contributed by atoms with Gasteiger partial charge in [-0.3, -0.25) is 4.79 Å². The smallest absolute Gasteiger partial charge is 0.490 e. The molecule has 2 aliphatic rings. The number of rotatable bonds is 5. The van der Waals surface area contributed by atoms with Gasteiger partial charge in [-0.05, 0) is 99.6 Å². The highest BCUT2D eigenvalue weighted by Gasteiger charge is 2.38. The number of hydrogen-bond acceptors (Lipinski definition) is 5. The number of carbonyl (C=O) groups is 3. The number of carboxylic acid groups (broad SMARTS) is 1. The Kier molecular flexibility index (Phi) is 11.2. The van der Waals surface area contributed by atoms with E-state index < -0.39 is 24.2 Å². The van der Waals surface area contributed by atoms with E-state index in [9.17, 15) is 27.9 Å². The zero-order valence-corrected chi connectivity index (χ0v) is 23.3. The van der Waals surface area contributed by atoms with Crippen molar-refractivity contribution in [3.05, 3.63) is 59.1 Å². The largest absolute Gasteiger partial charge is 0.508 e. The number of aliphatic carboxylic acids is 1. The van der Waals surface area contributed by atoms with Crippen LogP contribution in [0.5, 0.6) is 5.75 Å². The number of carbonyl (C=O) groups excluding carboxylic acids is 2. The fraction of sp³-hybridized carbons (Fsp3) is 0.464. The van der Waals surface area contributed by atoms with E-state index in [0.717, 1.165) is 31.8 Å². The molecule has 224 valence electrons. The number of carboxylic acids is 1. The van der Waals surface area contributed by atoms with Crippen molar-refractivity contribution in [3.63, 3.8) is 0 Å². The number of piperidine rings is 2. The van der Waals surface area contributed by atoms with Gasteiger partial charge >= 0.3 is 18.2 Å². The van der Waals surface area contributed by atoms with Crippen molar-refractivity contribution >= 4 is 35.2 Å². The average Bonchev–Trinajstić information content (AvgIpc) is 2.93. The molecule has 2 aromatic rings. The number of phenolic OH excluding ortho intramolecular Hbond substituents is 1. The Bertz CT molecular complexity index is 1160.